The molecular weight excluding hydrogens is 315 g/mol. The van der Waals surface area contributed by atoms with Gasteiger partial charge in [-0.05, 0) is 23.3 Å². The van der Waals surface area contributed by atoms with Gasteiger partial charge in [-0.25, -0.2) is 17.9 Å². The van der Waals surface area contributed by atoms with Gasteiger partial charge in [-0.1, -0.05) is 42.5 Å². The van der Waals surface area contributed by atoms with Crippen LogP contribution in [0.25, 0.3) is 0 Å². The highest BCUT2D eigenvalue weighted by Crippen LogP contribution is 2.32. The average molecular weight is 334 g/mol. The first-order valence-corrected chi connectivity index (χ1v) is 9.08. The van der Waals surface area contributed by atoms with E-state index in [0.29, 0.717) is 19.6 Å². The van der Waals surface area contributed by atoms with Crippen molar-refractivity contribution in [1.82, 2.24) is 4.90 Å². The summed E-state index contributed by atoms with van der Waals surface area (Å²) in [4.78, 5) is 2.08. The molecule has 0 bridgehead atoms. The highest BCUT2D eigenvalue weighted by atomic mass is 32.2. The monoisotopic (exact) mass is 334 g/mol. The van der Waals surface area contributed by atoms with Gasteiger partial charge in [0.2, 0.25) is 10.0 Å². The first-order valence-electron chi connectivity index (χ1n) is 7.47. The molecule has 0 aromatic heterocycles. The molecule has 6 heteroatoms. The Morgan fingerprint density at radius 3 is 2.30 bits per heavy atom. The zero-order valence-electron chi connectivity index (χ0n) is 12.6. The van der Waals surface area contributed by atoms with Gasteiger partial charge >= 0.3 is 0 Å². The van der Waals surface area contributed by atoms with Crippen LogP contribution in [0.2, 0.25) is 0 Å². The molecule has 0 aliphatic carbocycles. The molecule has 4 nitrogen and oxygen atoms in total. The summed E-state index contributed by atoms with van der Waals surface area (Å²) in [5, 5.41) is 4.76. The van der Waals surface area contributed by atoms with E-state index >= 15 is 0 Å². The summed E-state index contributed by atoms with van der Waals surface area (Å²) in [6.07, 6.45) is 0. The Labute approximate surface area is 135 Å². The molecule has 2 N–H and O–H groups in total. The molecule has 1 heterocycles. The van der Waals surface area contributed by atoms with E-state index < -0.39 is 15.3 Å². The van der Waals surface area contributed by atoms with E-state index in [1.54, 1.807) is 12.1 Å². The van der Waals surface area contributed by atoms with Crippen molar-refractivity contribution < 1.29 is 12.8 Å². The number of primary sulfonamides is 1. The van der Waals surface area contributed by atoms with E-state index in [-0.39, 0.29) is 11.7 Å². The van der Waals surface area contributed by atoms with Crippen molar-refractivity contribution in [2.24, 2.45) is 5.14 Å². The van der Waals surface area contributed by atoms with Gasteiger partial charge in [0.15, 0.2) is 0 Å². The lowest BCUT2D eigenvalue weighted by Gasteiger charge is -2.16. The maximum Gasteiger partial charge on any atom is 0.213 e. The van der Waals surface area contributed by atoms with Crippen LogP contribution in [0.5, 0.6) is 0 Å². The lowest BCUT2D eigenvalue weighted by atomic mass is 9.98. The SMILES string of the molecule is NS(=O)(=O)[C@@H]1CN(Cc2ccccc2)C[C@H]1c1ccc(F)cc1. The van der Waals surface area contributed by atoms with Gasteiger partial charge in [0.05, 0.1) is 5.25 Å². The van der Waals surface area contributed by atoms with E-state index in [1.165, 1.54) is 12.1 Å². The second-order valence-electron chi connectivity index (χ2n) is 5.97. The fourth-order valence-electron chi connectivity index (χ4n) is 3.19. The van der Waals surface area contributed by atoms with Crippen LogP contribution in [-0.4, -0.2) is 31.7 Å². The van der Waals surface area contributed by atoms with Gasteiger partial charge < -0.3 is 0 Å². The van der Waals surface area contributed by atoms with Crippen LogP contribution < -0.4 is 5.14 Å². The summed E-state index contributed by atoms with van der Waals surface area (Å²) >= 11 is 0. The molecule has 0 radical (unpaired) electrons. The highest BCUT2D eigenvalue weighted by Gasteiger charge is 2.40. The van der Waals surface area contributed by atoms with E-state index in [4.69, 9.17) is 5.14 Å². The summed E-state index contributed by atoms with van der Waals surface area (Å²) in [6.45, 7) is 1.64. The molecule has 1 aliphatic rings. The molecule has 2 aromatic rings. The van der Waals surface area contributed by atoms with Crippen LogP contribution in [0.4, 0.5) is 4.39 Å². The van der Waals surface area contributed by atoms with Gasteiger partial charge in [0.1, 0.15) is 5.82 Å². The summed E-state index contributed by atoms with van der Waals surface area (Å²) in [6, 6.07) is 15.9. The molecule has 1 aliphatic heterocycles. The fourth-order valence-corrected chi connectivity index (χ4v) is 4.31. The van der Waals surface area contributed by atoms with Crippen molar-refractivity contribution in [3.05, 3.63) is 71.5 Å². The molecule has 0 spiro atoms. The van der Waals surface area contributed by atoms with Crippen LogP contribution in [0, 0.1) is 5.82 Å². The predicted octanol–water partition coefficient (Wildman–Crippen LogP) is 2.08. The quantitative estimate of drug-likeness (QED) is 0.931. The summed E-state index contributed by atoms with van der Waals surface area (Å²) in [7, 11) is -3.67. The number of nitrogens with two attached hydrogens (primary N) is 1. The highest BCUT2D eigenvalue weighted by molar-refractivity contribution is 7.89. The molecule has 122 valence electrons. The van der Waals surface area contributed by atoms with Crippen LogP contribution in [-0.2, 0) is 16.6 Å². The van der Waals surface area contributed by atoms with E-state index in [2.05, 4.69) is 4.90 Å². The standard InChI is InChI=1S/C17H19FN2O2S/c18-15-8-6-14(7-9-15)16-11-20(12-17(16)23(19,21)22)10-13-4-2-1-3-5-13/h1-9,16-17H,10-12H2,(H2,19,21,22)/t16-,17+/m0/s1. The molecule has 0 unspecified atom stereocenters. The zero-order valence-corrected chi connectivity index (χ0v) is 13.4. The number of benzene rings is 2. The first-order chi connectivity index (χ1) is 10.9. The van der Waals surface area contributed by atoms with Crippen LogP contribution in [0.15, 0.2) is 54.6 Å². The van der Waals surface area contributed by atoms with Gasteiger partial charge in [-0.3, -0.25) is 4.90 Å². The third-order valence-electron chi connectivity index (χ3n) is 4.31. The van der Waals surface area contributed by atoms with Crippen molar-refractivity contribution in [2.75, 3.05) is 13.1 Å². The van der Waals surface area contributed by atoms with Gasteiger partial charge in [0.25, 0.3) is 0 Å². The molecule has 2 atom stereocenters. The minimum absolute atomic E-state index is 0.241. The van der Waals surface area contributed by atoms with Crippen LogP contribution in [0.1, 0.15) is 17.0 Å². The number of hydrogen-bond acceptors (Lipinski definition) is 3. The van der Waals surface area contributed by atoms with E-state index in [1.807, 2.05) is 30.3 Å². The molecule has 23 heavy (non-hydrogen) atoms. The Kier molecular flexibility index (Phi) is 4.48. The smallest absolute Gasteiger partial charge is 0.213 e. The molecule has 1 fully saturated rings. The average Bonchev–Trinajstić information content (AvgIpc) is 2.93. The van der Waals surface area contributed by atoms with Crippen LogP contribution in [0.3, 0.4) is 0 Å². The molecular formula is C17H19FN2O2S. The minimum Gasteiger partial charge on any atom is -0.297 e. The molecule has 3 rings (SSSR count). The second-order valence-corrected chi connectivity index (χ2v) is 7.75. The number of likely N-dealkylation sites (tertiary alicyclic amines) is 1. The summed E-state index contributed by atoms with van der Waals surface area (Å²) < 4.78 is 37.0. The lowest BCUT2D eigenvalue weighted by Crippen LogP contribution is -2.34. The maximum atomic E-state index is 13.1. The molecule has 2 aromatic carbocycles. The van der Waals surface area contributed by atoms with Gasteiger partial charge in [-0.2, -0.15) is 0 Å². The lowest BCUT2D eigenvalue weighted by molar-refractivity contribution is 0.327. The molecule has 1 saturated heterocycles. The van der Waals surface area contributed by atoms with Crippen molar-refractivity contribution in [2.45, 2.75) is 17.7 Å². The minimum atomic E-state index is -3.67. The Bertz CT molecular complexity index is 763. The van der Waals surface area contributed by atoms with E-state index in [9.17, 15) is 12.8 Å². The number of sulfonamides is 1. The number of halogens is 1. The Morgan fingerprint density at radius 2 is 1.70 bits per heavy atom. The Morgan fingerprint density at radius 1 is 1.04 bits per heavy atom. The normalized spacial score (nSPS) is 22.3. The largest absolute Gasteiger partial charge is 0.297 e. The first kappa shape index (κ1) is 16.1. The van der Waals surface area contributed by atoms with Crippen LogP contribution >= 0.6 is 0 Å². The number of hydrogen-bond donors (Lipinski definition) is 1. The van der Waals surface area contributed by atoms with E-state index in [0.717, 1.165) is 11.1 Å². The zero-order chi connectivity index (χ0) is 16.4. The molecule has 0 saturated carbocycles. The maximum absolute atomic E-state index is 13.1. The van der Waals surface area contributed by atoms with Gasteiger partial charge in [-0.15, -0.1) is 0 Å². The third-order valence-corrected chi connectivity index (χ3v) is 5.63. The van der Waals surface area contributed by atoms with Gasteiger partial charge in [0, 0.05) is 25.6 Å². The summed E-state index contributed by atoms with van der Waals surface area (Å²) in [5.41, 5.74) is 1.93. The van der Waals surface area contributed by atoms with Crippen molar-refractivity contribution in [3.63, 3.8) is 0 Å². The van der Waals surface area contributed by atoms with Crippen molar-refractivity contribution >= 4 is 10.0 Å². The number of nitrogens with zero attached hydrogens (tertiary/aromatic N) is 1. The predicted molar refractivity (Wildman–Crippen MR) is 87.8 cm³/mol. The van der Waals surface area contributed by atoms with Crippen molar-refractivity contribution in [3.8, 4) is 0 Å². The fraction of sp³-hybridized carbons (Fsp3) is 0.294. The Balaban J connectivity index is 1.84. The Hall–Kier alpha value is -1.76. The molecule has 0 amide bonds. The number of rotatable bonds is 4. The topological polar surface area (TPSA) is 63.4 Å². The third kappa shape index (κ3) is 3.77. The van der Waals surface area contributed by atoms with Crippen molar-refractivity contribution in [1.29, 1.82) is 0 Å². The second kappa shape index (κ2) is 6.39. The summed E-state index contributed by atoms with van der Waals surface area (Å²) in [5.74, 6) is -0.575.